The van der Waals surface area contributed by atoms with Crippen LogP contribution in [0.25, 0.3) is 17.0 Å². The molecule has 3 heterocycles. The number of hydrogen-bond donors (Lipinski definition) is 0. The third-order valence-electron chi connectivity index (χ3n) is 3.49. The van der Waals surface area contributed by atoms with E-state index in [1.807, 2.05) is 48.5 Å². The van der Waals surface area contributed by atoms with Gasteiger partial charge in [0.15, 0.2) is 11.5 Å². The van der Waals surface area contributed by atoms with Crippen molar-refractivity contribution in [1.29, 1.82) is 0 Å². The number of fused-ring (bicyclic) bond motifs is 1. The number of aromatic nitrogens is 5. The molecule has 0 spiro atoms. The van der Waals surface area contributed by atoms with E-state index in [2.05, 4.69) is 20.3 Å². The lowest BCUT2D eigenvalue weighted by Crippen LogP contribution is -1.97. The first-order chi connectivity index (χ1) is 11.8. The minimum Gasteiger partial charge on any atom is -0.264 e. The lowest BCUT2D eigenvalue weighted by Gasteiger charge is -2.04. The Morgan fingerprint density at radius 3 is 2.75 bits per heavy atom. The molecule has 3 aromatic heterocycles. The van der Waals surface area contributed by atoms with Gasteiger partial charge in [0.25, 0.3) is 0 Å². The molecule has 0 amide bonds. The van der Waals surface area contributed by atoms with Gasteiger partial charge < -0.3 is 0 Å². The van der Waals surface area contributed by atoms with Gasteiger partial charge in [-0.2, -0.15) is 9.61 Å². The summed E-state index contributed by atoms with van der Waals surface area (Å²) < 4.78 is 1.74. The Kier molecular flexibility index (Phi) is 4.15. The maximum absolute atomic E-state index is 6.21. The topological polar surface area (TPSA) is 56.0 Å². The van der Waals surface area contributed by atoms with Crippen molar-refractivity contribution in [3.8, 4) is 11.4 Å². The molecule has 0 fully saturated rings. The van der Waals surface area contributed by atoms with Gasteiger partial charge in [0.2, 0.25) is 0 Å². The second kappa shape index (κ2) is 6.59. The van der Waals surface area contributed by atoms with Crippen molar-refractivity contribution in [2.45, 2.75) is 10.8 Å². The van der Waals surface area contributed by atoms with Gasteiger partial charge in [-0.25, -0.2) is 0 Å². The zero-order chi connectivity index (χ0) is 16.4. The molecule has 0 aliphatic rings. The molecule has 24 heavy (non-hydrogen) atoms. The molecule has 0 unspecified atom stereocenters. The molecule has 118 valence electrons. The molecule has 0 bridgehead atoms. The van der Waals surface area contributed by atoms with Crippen LogP contribution < -0.4 is 0 Å². The third kappa shape index (κ3) is 2.98. The predicted octanol–water partition coefficient (Wildman–Crippen LogP) is 4.13. The van der Waals surface area contributed by atoms with Crippen LogP contribution in [0.3, 0.4) is 0 Å². The van der Waals surface area contributed by atoms with Crippen LogP contribution in [0.2, 0.25) is 5.02 Å². The summed E-state index contributed by atoms with van der Waals surface area (Å²) in [4.78, 5) is 4.13. The maximum Gasteiger partial charge on any atom is 0.186 e. The van der Waals surface area contributed by atoms with Crippen LogP contribution in [0.4, 0.5) is 0 Å². The molecule has 0 radical (unpaired) electrons. The van der Waals surface area contributed by atoms with Gasteiger partial charge in [-0.15, -0.1) is 10.2 Å². The van der Waals surface area contributed by atoms with E-state index in [-0.39, 0.29) is 0 Å². The van der Waals surface area contributed by atoms with E-state index < -0.39 is 0 Å². The number of thioether (sulfide) groups is 1. The number of benzene rings is 1. The van der Waals surface area contributed by atoms with Gasteiger partial charge in [0.05, 0.1) is 0 Å². The van der Waals surface area contributed by atoms with Crippen LogP contribution in [-0.4, -0.2) is 24.8 Å². The highest BCUT2D eigenvalue weighted by Crippen LogP contribution is 2.26. The first kappa shape index (κ1) is 15.1. The van der Waals surface area contributed by atoms with Crippen LogP contribution in [-0.2, 0) is 5.75 Å². The molecular weight excluding hydrogens is 342 g/mol. The highest BCUT2D eigenvalue weighted by atomic mass is 35.5. The Bertz CT molecular complexity index is 987. The summed E-state index contributed by atoms with van der Waals surface area (Å²) in [7, 11) is 0. The highest BCUT2D eigenvalue weighted by Gasteiger charge is 2.10. The van der Waals surface area contributed by atoms with Crippen molar-refractivity contribution in [3.63, 3.8) is 0 Å². The first-order valence-electron chi connectivity index (χ1n) is 7.30. The van der Waals surface area contributed by atoms with Crippen molar-refractivity contribution in [2.24, 2.45) is 0 Å². The van der Waals surface area contributed by atoms with Gasteiger partial charge in [0.1, 0.15) is 5.03 Å². The minimum absolute atomic E-state index is 0.679. The molecule has 1 aromatic carbocycles. The SMILES string of the molecule is Clc1ccccc1CSc1ccc2nnc(-c3cccnc3)n2n1. The van der Waals surface area contributed by atoms with Crippen LogP contribution in [0.5, 0.6) is 0 Å². The fourth-order valence-corrected chi connectivity index (χ4v) is 3.43. The van der Waals surface area contributed by atoms with Gasteiger partial charge in [-0.3, -0.25) is 4.98 Å². The second-order valence-corrected chi connectivity index (χ2v) is 6.49. The van der Waals surface area contributed by atoms with Crippen LogP contribution in [0.1, 0.15) is 5.56 Å². The van der Waals surface area contributed by atoms with E-state index in [0.717, 1.165) is 26.9 Å². The van der Waals surface area contributed by atoms with Gasteiger partial charge >= 0.3 is 0 Å². The number of nitrogens with zero attached hydrogens (tertiary/aromatic N) is 5. The largest absolute Gasteiger partial charge is 0.264 e. The van der Waals surface area contributed by atoms with Crippen LogP contribution in [0, 0.1) is 0 Å². The minimum atomic E-state index is 0.679. The third-order valence-corrected chi connectivity index (χ3v) is 4.83. The average Bonchev–Trinajstić information content (AvgIpc) is 3.05. The molecular formula is C17H12ClN5S. The van der Waals surface area contributed by atoms with Crippen molar-refractivity contribution in [2.75, 3.05) is 0 Å². The molecule has 0 aliphatic carbocycles. The summed E-state index contributed by atoms with van der Waals surface area (Å²) in [6, 6.07) is 15.5. The lowest BCUT2D eigenvalue weighted by atomic mass is 10.2. The van der Waals surface area contributed by atoms with Crippen molar-refractivity contribution in [3.05, 3.63) is 71.5 Å². The molecule has 0 N–H and O–H groups in total. The summed E-state index contributed by atoms with van der Waals surface area (Å²) >= 11 is 7.83. The molecule has 0 aliphatic heterocycles. The van der Waals surface area contributed by atoms with Gasteiger partial charge in [-0.1, -0.05) is 41.6 Å². The zero-order valence-corrected chi connectivity index (χ0v) is 14.1. The van der Waals surface area contributed by atoms with E-state index in [0.29, 0.717) is 11.5 Å². The monoisotopic (exact) mass is 353 g/mol. The Labute approximate surface area is 147 Å². The number of pyridine rings is 1. The van der Waals surface area contributed by atoms with Crippen LogP contribution >= 0.6 is 23.4 Å². The lowest BCUT2D eigenvalue weighted by molar-refractivity contribution is 0.860. The van der Waals surface area contributed by atoms with Crippen molar-refractivity contribution >= 4 is 29.0 Å². The normalized spacial score (nSPS) is 11.0. The summed E-state index contributed by atoms with van der Waals surface area (Å²) in [5.74, 6) is 1.43. The fraction of sp³-hybridized carbons (Fsp3) is 0.0588. The molecule has 5 nitrogen and oxygen atoms in total. The first-order valence-corrected chi connectivity index (χ1v) is 8.67. The molecule has 4 rings (SSSR count). The Hall–Kier alpha value is -2.44. The Morgan fingerprint density at radius 2 is 1.92 bits per heavy atom. The number of rotatable bonds is 4. The standard InChI is InChI=1S/C17H12ClN5S/c18-14-6-2-1-4-13(14)11-24-16-8-7-15-20-21-17(23(15)22-16)12-5-3-9-19-10-12/h1-10H,11H2. The maximum atomic E-state index is 6.21. The quantitative estimate of drug-likeness (QED) is 0.516. The predicted molar refractivity (Wildman–Crippen MR) is 95.0 cm³/mol. The van der Waals surface area contributed by atoms with E-state index in [1.165, 1.54) is 0 Å². The molecule has 0 saturated heterocycles. The van der Waals surface area contributed by atoms with E-state index >= 15 is 0 Å². The van der Waals surface area contributed by atoms with E-state index in [9.17, 15) is 0 Å². The summed E-state index contributed by atoms with van der Waals surface area (Å²) in [5, 5.41) is 14.7. The molecule has 0 atom stereocenters. The number of hydrogen-bond acceptors (Lipinski definition) is 5. The van der Waals surface area contributed by atoms with Gasteiger partial charge in [0, 0.05) is 28.7 Å². The molecule has 0 saturated carbocycles. The molecule has 4 aromatic rings. The second-order valence-electron chi connectivity index (χ2n) is 5.09. The van der Waals surface area contributed by atoms with Gasteiger partial charge in [-0.05, 0) is 35.9 Å². The molecule has 7 heteroatoms. The smallest absolute Gasteiger partial charge is 0.186 e. The van der Waals surface area contributed by atoms with Crippen molar-refractivity contribution in [1.82, 2.24) is 24.8 Å². The fourth-order valence-electron chi connectivity index (χ4n) is 2.29. The average molecular weight is 354 g/mol. The van der Waals surface area contributed by atoms with E-state index in [4.69, 9.17) is 11.6 Å². The number of halogens is 1. The Balaban J connectivity index is 1.64. The van der Waals surface area contributed by atoms with E-state index in [1.54, 1.807) is 28.7 Å². The summed E-state index contributed by atoms with van der Waals surface area (Å²) in [6.07, 6.45) is 3.48. The highest BCUT2D eigenvalue weighted by molar-refractivity contribution is 7.98. The van der Waals surface area contributed by atoms with Crippen LogP contribution in [0.15, 0.2) is 66.0 Å². The zero-order valence-electron chi connectivity index (χ0n) is 12.5. The summed E-state index contributed by atoms with van der Waals surface area (Å²) in [5.41, 5.74) is 2.67. The Morgan fingerprint density at radius 1 is 1.00 bits per heavy atom. The van der Waals surface area contributed by atoms with Crippen molar-refractivity contribution < 1.29 is 0 Å². The summed E-state index contributed by atoms with van der Waals surface area (Å²) in [6.45, 7) is 0.